The van der Waals surface area contributed by atoms with E-state index in [0.717, 1.165) is 6.42 Å². The Morgan fingerprint density at radius 2 is 2.18 bits per heavy atom. The number of benzene rings is 1. The lowest BCUT2D eigenvalue weighted by Crippen LogP contribution is -2.25. The summed E-state index contributed by atoms with van der Waals surface area (Å²) in [7, 11) is 3.50. The molecule has 96 valence electrons. The van der Waals surface area contributed by atoms with Crippen LogP contribution in [0.25, 0.3) is 0 Å². The van der Waals surface area contributed by atoms with E-state index in [2.05, 4.69) is 12.2 Å². The number of halogens is 2. The number of ether oxygens (including phenoxy) is 1. The number of hydrogen-bond donors (Lipinski definition) is 1. The predicted molar refractivity (Wildman–Crippen MR) is 68.9 cm³/mol. The van der Waals surface area contributed by atoms with Crippen LogP contribution in [0, 0.1) is 11.7 Å². The molecule has 0 aromatic heterocycles. The second kappa shape index (κ2) is 6.94. The molecule has 0 aliphatic heterocycles. The molecule has 1 aromatic carbocycles. The van der Waals surface area contributed by atoms with Gasteiger partial charge < -0.3 is 10.1 Å². The molecule has 0 amide bonds. The van der Waals surface area contributed by atoms with Crippen LogP contribution in [0.1, 0.15) is 24.9 Å². The van der Waals surface area contributed by atoms with E-state index in [4.69, 9.17) is 16.3 Å². The van der Waals surface area contributed by atoms with Gasteiger partial charge >= 0.3 is 0 Å². The van der Waals surface area contributed by atoms with Crippen LogP contribution in [0.3, 0.4) is 0 Å². The Hall–Kier alpha value is -0.640. The average Bonchev–Trinajstić information content (AvgIpc) is 2.32. The average molecular weight is 260 g/mol. The van der Waals surface area contributed by atoms with Crippen LogP contribution in [0.15, 0.2) is 18.2 Å². The Labute approximate surface area is 107 Å². The molecule has 0 fully saturated rings. The highest BCUT2D eigenvalue weighted by molar-refractivity contribution is 6.30. The smallest absolute Gasteiger partial charge is 0.128 e. The monoisotopic (exact) mass is 259 g/mol. The van der Waals surface area contributed by atoms with E-state index in [9.17, 15) is 4.39 Å². The van der Waals surface area contributed by atoms with Gasteiger partial charge in [-0.05, 0) is 37.6 Å². The highest BCUT2D eigenvalue weighted by Crippen LogP contribution is 2.28. The molecule has 0 saturated carbocycles. The molecule has 0 aliphatic rings. The molecule has 1 N–H and O–H groups in total. The third-order valence-electron chi connectivity index (χ3n) is 2.95. The second-order valence-corrected chi connectivity index (χ2v) is 4.63. The lowest BCUT2D eigenvalue weighted by atomic mass is 9.92. The van der Waals surface area contributed by atoms with Crippen molar-refractivity contribution in [3.63, 3.8) is 0 Å². The first-order chi connectivity index (χ1) is 8.10. The Morgan fingerprint density at radius 3 is 2.76 bits per heavy atom. The highest BCUT2D eigenvalue weighted by atomic mass is 35.5. The van der Waals surface area contributed by atoms with Gasteiger partial charge in [0.2, 0.25) is 0 Å². The summed E-state index contributed by atoms with van der Waals surface area (Å²) in [5.41, 5.74) is 0.614. The summed E-state index contributed by atoms with van der Waals surface area (Å²) >= 11 is 5.91. The zero-order chi connectivity index (χ0) is 12.8. The Kier molecular flexibility index (Phi) is 5.89. The first kappa shape index (κ1) is 14.4. The Balaban J connectivity index is 2.88. The molecule has 2 atom stereocenters. The molecule has 1 rings (SSSR count). The fourth-order valence-electron chi connectivity index (χ4n) is 1.97. The molecule has 0 saturated heterocycles. The van der Waals surface area contributed by atoms with Gasteiger partial charge in [0.1, 0.15) is 5.82 Å². The summed E-state index contributed by atoms with van der Waals surface area (Å²) in [6.45, 7) is 2.74. The molecule has 0 spiro atoms. The summed E-state index contributed by atoms with van der Waals surface area (Å²) in [5.74, 6) is 0.0472. The number of hydrogen-bond acceptors (Lipinski definition) is 2. The lowest BCUT2D eigenvalue weighted by molar-refractivity contribution is 0.171. The molecular formula is C13H19ClFNO. The van der Waals surface area contributed by atoms with Gasteiger partial charge in [-0.3, -0.25) is 0 Å². The van der Waals surface area contributed by atoms with Crippen LogP contribution >= 0.6 is 11.6 Å². The molecule has 4 heteroatoms. The van der Waals surface area contributed by atoms with Crippen molar-refractivity contribution >= 4 is 11.6 Å². The largest absolute Gasteiger partial charge is 0.385 e. The van der Waals surface area contributed by atoms with Crippen LogP contribution in [0.4, 0.5) is 4.39 Å². The van der Waals surface area contributed by atoms with Crippen molar-refractivity contribution in [2.24, 2.45) is 5.92 Å². The van der Waals surface area contributed by atoms with E-state index in [1.807, 2.05) is 7.05 Å². The van der Waals surface area contributed by atoms with Gasteiger partial charge in [-0.1, -0.05) is 18.5 Å². The first-order valence-electron chi connectivity index (χ1n) is 5.71. The normalized spacial score (nSPS) is 14.6. The molecule has 0 aliphatic carbocycles. The van der Waals surface area contributed by atoms with Gasteiger partial charge in [0, 0.05) is 30.3 Å². The van der Waals surface area contributed by atoms with E-state index in [1.165, 1.54) is 6.07 Å². The van der Waals surface area contributed by atoms with Gasteiger partial charge in [0.05, 0.1) is 0 Å². The van der Waals surface area contributed by atoms with Crippen molar-refractivity contribution in [3.05, 3.63) is 34.6 Å². The summed E-state index contributed by atoms with van der Waals surface area (Å²) in [5, 5.41) is 3.70. The predicted octanol–water partition coefficient (Wildman–Crippen LogP) is 3.41. The fraction of sp³-hybridized carbons (Fsp3) is 0.538. The number of rotatable bonds is 6. The quantitative estimate of drug-likeness (QED) is 0.845. The Morgan fingerprint density at radius 1 is 1.47 bits per heavy atom. The number of methoxy groups -OCH3 is 1. The third-order valence-corrected chi connectivity index (χ3v) is 3.19. The molecule has 1 aromatic rings. The summed E-state index contributed by atoms with van der Waals surface area (Å²) in [6.07, 6.45) is 0.869. The van der Waals surface area contributed by atoms with Crippen molar-refractivity contribution in [2.75, 3.05) is 20.8 Å². The van der Waals surface area contributed by atoms with Crippen LogP contribution < -0.4 is 5.32 Å². The highest BCUT2D eigenvalue weighted by Gasteiger charge is 2.20. The standard InChI is InChI=1S/C13H19ClFNO/c1-9(6-7-17-3)13(16-2)11-8-10(14)4-5-12(11)15/h4-5,8-9,13,16H,6-7H2,1-3H3. The molecule has 0 bridgehead atoms. The van der Waals surface area contributed by atoms with Crippen molar-refractivity contribution < 1.29 is 9.13 Å². The molecule has 0 heterocycles. The van der Waals surface area contributed by atoms with E-state index in [-0.39, 0.29) is 17.8 Å². The maximum atomic E-state index is 13.8. The SMILES string of the molecule is CNC(c1cc(Cl)ccc1F)C(C)CCOC. The lowest BCUT2D eigenvalue weighted by Gasteiger charge is -2.24. The van der Waals surface area contributed by atoms with Crippen LogP contribution in [0.2, 0.25) is 5.02 Å². The zero-order valence-corrected chi connectivity index (χ0v) is 11.2. The van der Waals surface area contributed by atoms with Gasteiger partial charge in [-0.25, -0.2) is 4.39 Å². The minimum Gasteiger partial charge on any atom is -0.385 e. The Bertz CT molecular complexity index is 359. The first-order valence-corrected chi connectivity index (χ1v) is 6.09. The van der Waals surface area contributed by atoms with Crippen LogP contribution in [-0.4, -0.2) is 20.8 Å². The molecule has 2 nitrogen and oxygen atoms in total. The van der Waals surface area contributed by atoms with E-state index in [0.29, 0.717) is 17.2 Å². The minimum absolute atomic E-state index is 0.0520. The van der Waals surface area contributed by atoms with Crippen molar-refractivity contribution in [3.8, 4) is 0 Å². The van der Waals surface area contributed by atoms with Crippen LogP contribution in [0.5, 0.6) is 0 Å². The molecule has 0 radical (unpaired) electrons. The van der Waals surface area contributed by atoms with Gasteiger partial charge in [0.15, 0.2) is 0 Å². The van der Waals surface area contributed by atoms with E-state index in [1.54, 1.807) is 19.2 Å². The summed E-state index contributed by atoms with van der Waals surface area (Å²) < 4.78 is 18.8. The third kappa shape index (κ3) is 3.95. The maximum Gasteiger partial charge on any atom is 0.128 e. The molecular weight excluding hydrogens is 241 g/mol. The zero-order valence-electron chi connectivity index (χ0n) is 10.5. The van der Waals surface area contributed by atoms with Crippen LogP contribution in [-0.2, 0) is 4.74 Å². The summed E-state index contributed by atoms with van der Waals surface area (Å²) in [6, 6.07) is 4.60. The minimum atomic E-state index is -0.224. The van der Waals surface area contributed by atoms with E-state index < -0.39 is 0 Å². The van der Waals surface area contributed by atoms with E-state index >= 15 is 0 Å². The van der Waals surface area contributed by atoms with Crippen molar-refractivity contribution in [1.82, 2.24) is 5.32 Å². The molecule has 2 unspecified atom stereocenters. The van der Waals surface area contributed by atoms with Gasteiger partial charge in [-0.15, -0.1) is 0 Å². The fourth-order valence-corrected chi connectivity index (χ4v) is 2.15. The van der Waals surface area contributed by atoms with Crippen molar-refractivity contribution in [1.29, 1.82) is 0 Å². The molecule has 17 heavy (non-hydrogen) atoms. The van der Waals surface area contributed by atoms with Crippen molar-refractivity contribution in [2.45, 2.75) is 19.4 Å². The summed E-state index contributed by atoms with van der Waals surface area (Å²) in [4.78, 5) is 0. The van der Waals surface area contributed by atoms with Gasteiger partial charge in [-0.2, -0.15) is 0 Å². The number of nitrogens with one attached hydrogen (secondary N) is 1. The second-order valence-electron chi connectivity index (χ2n) is 4.19. The maximum absolute atomic E-state index is 13.8. The topological polar surface area (TPSA) is 21.3 Å². The van der Waals surface area contributed by atoms with Gasteiger partial charge in [0.25, 0.3) is 0 Å².